The minimum Gasteiger partial charge on any atom is -0.379 e. The van der Waals surface area contributed by atoms with Crippen LogP contribution in [0.1, 0.15) is 31.2 Å². The Morgan fingerprint density at radius 3 is 2.48 bits per heavy atom. The summed E-state index contributed by atoms with van der Waals surface area (Å²) in [5, 5.41) is 7.96. The molecule has 2 aromatic rings. The van der Waals surface area contributed by atoms with Crippen molar-refractivity contribution in [3.05, 3.63) is 41.7 Å². The third-order valence-electron chi connectivity index (χ3n) is 4.20. The zero-order chi connectivity index (χ0) is 14.7. The summed E-state index contributed by atoms with van der Waals surface area (Å²) >= 11 is 0. The lowest BCUT2D eigenvalue weighted by molar-refractivity contribution is 0.707. The van der Waals surface area contributed by atoms with Crippen molar-refractivity contribution in [2.75, 3.05) is 23.3 Å². The Labute approximate surface area is 126 Å². The SMILES string of the molecule is CCc1cc(CNc2ccc(N3CCCC3)cc2)n(C)n1. The van der Waals surface area contributed by atoms with Crippen LogP contribution in [0.3, 0.4) is 0 Å². The van der Waals surface area contributed by atoms with Crippen LogP contribution in [0.25, 0.3) is 0 Å². The van der Waals surface area contributed by atoms with E-state index in [0.29, 0.717) is 0 Å². The monoisotopic (exact) mass is 284 g/mol. The first-order valence-corrected chi connectivity index (χ1v) is 7.87. The minimum absolute atomic E-state index is 0.812. The number of anilines is 2. The largest absolute Gasteiger partial charge is 0.379 e. The van der Waals surface area contributed by atoms with Gasteiger partial charge in [-0.3, -0.25) is 4.68 Å². The maximum atomic E-state index is 4.48. The van der Waals surface area contributed by atoms with Crippen molar-refractivity contribution in [1.29, 1.82) is 0 Å². The second-order valence-corrected chi connectivity index (χ2v) is 5.70. The number of rotatable bonds is 5. The van der Waals surface area contributed by atoms with E-state index in [9.17, 15) is 0 Å². The summed E-state index contributed by atoms with van der Waals surface area (Å²) in [4.78, 5) is 2.46. The fourth-order valence-corrected chi connectivity index (χ4v) is 2.87. The van der Waals surface area contributed by atoms with Crippen LogP contribution in [0.2, 0.25) is 0 Å². The number of nitrogens with one attached hydrogen (secondary N) is 1. The lowest BCUT2D eigenvalue weighted by atomic mass is 10.2. The van der Waals surface area contributed by atoms with E-state index in [4.69, 9.17) is 0 Å². The van der Waals surface area contributed by atoms with Gasteiger partial charge in [-0.15, -0.1) is 0 Å². The van der Waals surface area contributed by atoms with Gasteiger partial charge in [-0.05, 0) is 49.6 Å². The highest BCUT2D eigenvalue weighted by atomic mass is 15.3. The van der Waals surface area contributed by atoms with Gasteiger partial charge in [0.05, 0.1) is 17.9 Å². The predicted molar refractivity (Wildman–Crippen MR) is 87.8 cm³/mol. The Morgan fingerprint density at radius 2 is 1.86 bits per heavy atom. The van der Waals surface area contributed by atoms with Crippen LogP contribution >= 0.6 is 0 Å². The summed E-state index contributed by atoms with van der Waals surface area (Å²) in [5.74, 6) is 0. The third kappa shape index (κ3) is 3.20. The molecular formula is C17H24N4. The summed E-state index contributed by atoms with van der Waals surface area (Å²) in [7, 11) is 2.01. The van der Waals surface area contributed by atoms with E-state index in [0.717, 1.165) is 24.3 Å². The summed E-state index contributed by atoms with van der Waals surface area (Å²) in [5.41, 5.74) is 4.87. The molecule has 0 aliphatic carbocycles. The van der Waals surface area contributed by atoms with Gasteiger partial charge in [-0.1, -0.05) is 6.92 Å². The molecule has 0 spiro atoms. The van der Waals surface area contributed by atoms with Crippen LogP contribution in [0.4, 0.5) is 11.4 Å². The third-order valence-corrected chi connectivity index (χ3v) is 4.20. The molecule has 2 heterocycles. The number of benzene rings is 1. The van der Waals surface area contributed by atoms with E-state index in [-0.39, 0.29) is 0 Å². The average Bonchev–Trinajstić information content (AvgIpc) is 3.15. The molecule has 1 saturated heterocycles. The van der Waals surface area contributed by atoms with Crippen molar-refractivity contribution in [3.63, 3.8) is 0 Å². The lowest BCUT2D eigenvalue weighted by Gasteiger charge is -2.18. The second-order valence-electron chi connectivity index (χ2n) is 5.70. The summed E-state index contributed by atoms with van der Waals surface area (Å²) in [6, 6.07) is 10.9. The number of aromatic nitrogens is 2. The number of hydrogen-bond acceptors (Lipinski definition) is 3. The highest BCUT2D eigenvalue weighted by molar-refractivity contribution is 5.55. The first kappa shape index (κ1) is 14.0. The molecule has 1 aliphatic rings. The van der Waals surface area contributed by atoms with Crippen molar-refractivity contribution < 1.29 is 0 Å². The normalized spacial score (nSPS) is 14.7. The van der Waals surface area contributed by atoms with Crippen LogP contribution in [-0.2, 0) is 20.0 Å². The highest BCUT2D eigenvalue weighted by Crippen LogP contribution is 2.22. The molecule has 1 fully saturated rings. The van der Waals surface area contributed by atoms with Crippen LogP contribution in [0.15, 0.2) is 30.3 Å². The molecule has 1 N–H and O–H groups in total. The van der Waals surface area contributed by atoms with E-state index in [1.54, 1.807) is 0 Å². The summed E-state index contributed by atoms with van der Waals surface area (Å²) in [6.45, 7) is 5.34. The Balaban J connectivity index is 1.61. The molecule has 0 bridgehead atoms. The van der Waals surface area contributed by atoms with Crippen LogP contribution < -0.4 is 10.2 Å². The van der Waals surface area contributed by atoms with Crippen molar-refractivity contribution in [1.82, 2.24) is 9.78 Å². The maximum absolute atomic E-state index is 4.48. The van der Waals surface area contributed by atoms with Crippen molar-refractivity contribution in [2.45, 2.75) is 32.7 Å². The van der Waals surface area contributed by atoms with E-state index in [1.807, 2.05) is 11.7 Å². The summed E-state index contributed by atoms with van der Waals surface area (Å²) in [6.07, 6.45) is 3.62. The van der Waals surface area contributed by atoms with Crippen molar-refractivity contribution in [3.8, 4) is 0 Å². The zero-order valence-electron chi connectivity index (χ0n) is 13.0. The molecule has 0 atom stereocenters. The molecule has 0 radical (unpaired) electrons. The van der Waals surface area contributed by atoms with Gasteiger partial charge in [0, 0.05) is 31.5 Å². The zero-order valence-corrected chi connectivity index (χ0v) is 13.0. The number of aryl methyl sites for hydroxylation is 2. The van der Waals surface area contributed by atoms with Crippen molar-refractivity contribution in [2.24, 2.45) is 7.05 Å². The van der Waals surface area contributed by atoms with Crippen LogP contribution in [0, 0.1) is 0 Å². The topological polar surface area (TPSA) is 33.1 Å². The van der Waals surface area contributed by atoms with Crippen molar-refractivity contribution >= 4 is 11.4 Å². The fraction of sp³-hybridized carbons (Fsp3) is 0.471. The van der Waals surface area contributed by atoms with Gasteiger partial charge in [0.1, 0.15) is 0 Å². The molecule has 1 aromatic heterocycles. The van der Waals surface area contributed by atoms with E-state index in [1.165, 1.54) is 37.3 Å². The molecule has 1 aliphatic heterocycles. The molecule has 21 heavy (non-hydrogen) atoms. The van der Waals surface area contributed by atoms with E-state index in [2.05, 4.69) is 52.6 Å². The molecule has 112 valence electrons. The lowest BCUT2D eigenvalue weighted by Crippen LogP contribution is -2.17. The molecule has 4 heteroatoms. The Hall–Kier alpha value is -1.97. The molecule has 1 aromatic carbocycles. The molecule has 0 saturated carbocycles. The number of hydrogen-bond donors (Lipinski definition) is 1. The quantitative estimate of drug-likeness (QED) is 0.915. The molecule has 0 unspecified atom stereocenters. The predicted octanol–water partition coefficient (Wildman–Crippen LogP) is 3.19. The van der Waals surface area contributed by atoms with E-state index >= 15 is 0 Å². The standard InChI is InChI=1S/C17H24N4/c1-3-14-12-17(20(2)19-14)13-18-15-6-8-16(9-7-15)21-10-4-5-11-21/h6-9,12,18H,3-5,10-11,13H2,1-2H3. The van der Waals surface area contributed by atoms with Gasteiger partial charge in [0.15, 0.2) is 0 Å². The molecule has 3 rings (SSSR count). The average molecular weight is 284 g/mol. The van der Waals surface area contributed by atoms with Gasteiger partial charge >= 0.3 is 0 Å². The van der Waals surface area contributed by atoms with Gasteiger partial charge in [-0.25, -0.2) is 0 Å². The number of nitrogens with zero attached hydrogens (tertiary/aromatic N) is 3. The minimum atomic E-state index is 0.812. The Bertz CT molecular complexity index is 579. The smallest absolute Gasteiger partial charge is 0.0625 e. The highest BCUT2D eigenvalue weighted by Gasteiger charge is 2.11. The second kappa shape index (κ2) is 6.20. The van der Waals surface area contributed by atoms with Crippen LogP contribution in [-0.4, -0.2) is 22.9 Å². The van der Waals surface area contributed by atoms with Crippen LogP contribution in [0.5, 0.6) is 0 Å². The van der Waals surface area contributed by atoms with E-state index < -0.39 is 0 Å². The molecular weight excluding hydrogens is 260 g/mol. The first-order valence-electron chi connectivity index (χ1n) is 7.87. The Kier molecular flexibility index (Phi) is 4.13. The first-order chi connectivity index (χ1) is 10.3. The molecule has 4 nitrogen and oxygen atoms in total. The van der Waals surface area contributed by atoms with Gasteiger partial charge in [0.25, 0.3) is 0 Å². The Morgan fingerprint density at radius 1 is 1.14 bits per heavy atom. The fourth-order valence-electron chi connectivity index (χ4n) is 2.87. The van der Waals surface area contributed by atoms with Gasteiger partial charge in [0.2, 0.25) is 0 Å². The van der Waals surface area contributed by atoms with Gasteiger partial charge < -0.3 is 10.2 Å². The summed E-state index contributed by atoms with van der Waals surface area (Å²) < 4.78 is 1.96. The molecule has 0 amide bonds. The van der Waals surface area contributed by atoms with Gasteiger partial charge in [-0.2, -0.15) is 5.10 Å². The maximum Gasteiger partial charge on any atom is 0.0625 e.